The Morgan fingerprint density at radius 3 is 2.57 bits per heavy atom. The molecule has 0 bridgehead atoms. The predicted molar refractivity (Wildman–Crippen MR) is 120 cm³/mol. The zero-order chi connectivity index (χ0) is 21.5. The summed E-state index contributed by atoms with van der Waals surface area (Å²) < 4.78 is 12.6. The minimum absolute atomic E-state index is 0.150. The molecule has 0 atom stereocenters. The molecular weight excluding hydrogens is 424 g/mol. The fourth-order valence-corrected chi connectivity index (χ4v) is 3.61. The van der Waals surface area contributed by atoms with E-state index in [0.717, 1.165) is 5.56 Å². The molecule has 0 aliphatic heterocycles. The molecule has 0 saturated carbocycles. The number of thioether (sulfide) groups is 1. The molecule has 1 amide bonds. The summed E-state index contributed by atoms with van der Waals surface area (Å²) in [5.74, 6) is 1.91. The summed E-state index contributed by atoms with van der Waals surface area (Å²) in [4.78, 5) is 12.3. The van der Waals surface area contributed by atoms with Gasteiger partial charge in [0.1, 0.15) is 0 Å². The van der Waals surface area contributed by atoms with Crippen LogP contribution in [0.5, 0.6) is 11.5 Å². The lowest BCUT2D eigenvalue weighted by Crippen LogP contribution is -2.14. The number of amides is 1. The Bertz CT molecular complexity index is 1040. The third-order valence-corrected chi connectivity index (χ3v) is 5.35. The topological polar surface area (TPSA) is 78.3 Å². The number of nitrogens with one attached hydrogen (secondary N) is 1. The van der Waals surface area contributed by atoms with E-state index in [1.165, 1.54) is 11.8 Å². The van der Waals surface area contributed by atoms with E-state index in [2.05, 4.69) is 22.1 Å². The van der Waals surface area contributed by atoms with Crippen molar-refractivity contribution in [2.75, 3.05) is 25.3 Å². The second kappa shape index (κ2) is 10.2. The van der Waals surface area contributed by atoms with E-state index in [4.69, 9.17) is 21.1 Å². The SMILES string of the molecule is C=CCn1c(SCC(=O)Nc2ccc(Cl)cc2)nnc1-c1ccc(OC)c(OC)c1. The minimum Gasteiger partial charge on any atom is -0.493 e. The summed E-state index contributed by atoms with van der Waals surface area (Å²) in [6, 6.07) is 12.5. The van der Waals surface area contributed by atoms with Gasteiger partial charge in [-0.2, -0.15) is 0 Å². The molecule has 30 heavy (non-hydrogen) atoms. The number of aromatic nitrogens is 3. The number of carbonyl (C=O) groups is 1. The van der Waals surface area contributed by atoms with Crippen molar-refractivity contribution in [3.8, 4) is 22.9 Å². The van der Waals surface area contributed by atoms with E-state index in [1.54, 1.807) is 44.6 Å². The Morgan fingerprint density at radius 1 is 1.17 bits per heavy atom. The normalized spacial score (nSPS) is 10.5. The number of carbonyl (C=O) groups excluding carboxylic acids is 1. The molecule has 0 aliphatic carbocycles. The summed E-state index contributed by atoms with van der Waals surface area (Å²) in [6.45, 7) is 4.31. The highest BCUT2D eigenvalue weighted by atomic mass is 35.5. The maximum Gasteiger partial charge on any atom is 0.234 e. The molecular formula is C21H21ClN4O3S. The standard InChI is InChI=1S/C21H21ClN4O3S/c1-4-11-26-20(14-5-10-17(28-2)18(12-14)29-3)24-25-21(26)30-13-19(27)23-16-8-6-15(22)7-9-16/h4-10,12H,1,11,13H2,2-3H3,(H,23,27). The number of benzene rings is 2. The van der Waals surface area contributed by atoms with Gasteiger partial charge in [0.15, 0.2) is 22.5 Å². The lowest BCUT2D eigenvalue weighted by Gasteiger charge is -2.11. The number of anilines is 1. The molecule has 3 rings (SSSR count). The number of allylic oxidation sites excluding steroid dienone is 1. The van der Waals surface area contributed by atoms with Gasteiger partial charge in [0, 0.05) is 22.8 Å². The molecule has 0 fully saturated rings. The largest absolute Gasteiger partial charge is 0.493 e. The van der Waals surface area contributed by atoms with Gasteiger partial charge in [-0.05, 0) is 42.5 Å². The average molecular weight is 445 g/mol. The van der Waals surface area contributed by atoms with Crippen molar-refractivity contribution >= 4 is 35.0 Å². The van der Waals surface area contributed by atoms with E-state index in [0.29, 0.717) is 39.7 Å². The van der Waals surface area contributed by atoms with Crippen molar-refractivity contribution in [3.63, 3.8) is 0 Å². The van der Waals surface area contributed by atoms with E-state index in [-0.39, 0.29) is 11.7 Å². The van der Waals surface area contributed by atoms with Crippen LogP contribution < -0.4 is 14.8 Å². The molecule has 156 valence electrons. The molecule has 0 saturated heterocycles. The summed E-state index contributed by atoms with van der Waals surface area (Å²) >= 11 is 7.17. The molecule has 3 aromatic rings. The Hall–Kier alpha value is -2.97. The number of hydrogen-bond donors (Lipinski definition) is 1. The van der Waals surface area contributed by atoms with Gasteiger partial charge in [0.25, 0.3) is 0 Å². The van der Waals surface area contributed by atoms with E-state index in [9.17, 15) is 4.79 Å². The van der Waals surface area contributed by atoms with Crippen LogP contribution in [0.1, 0.15) is 0 Å². The number of halogens is 1. The van der Waals surface area contributed by atoms with Crippen LogP contribution in [0.2, 0.25) is 5.02 Å². The highest BCUT2D eigenvalue weighted by molar-refractivity contribution is 7.99. The van der Waals surface area contributed by atoms with Crippen molar-refractivity contribution < 1.29 is 14.3 Å². The van der Waals surface area contributed by atoms with Crippen LogP contribution in [0.15, 0.2) is 60.3 Å². The second-order valence-corrected chi connectivity index (χ2v) is 7.50. The van der Waals surface area contributed by atoms with E-state index in [1.807, 2.05) is 22.8 Å². The van der Waals surface area contributed by atoms with Crippen molar-refractivity contribution in [2.24, 2.45) is 0 Å². The molecule has 0 unspecified atom stereocenters. The second-order valence-electron chi connectivity index (χ2n) is 6.12. The van der Waals surface area contributed by atoms with Crippen molar-refractivity contribution in [2.45, 2.75) is 11.7 Å². The third kappa shape index (κ3) is 5.14. The highest BCUT2D eigenvalue weighted by Crippen LogP contribution is 2.33. The first-order chi connectivity index (χ1) is 14.5. The number of methoxy groups -OCH3 is 2. The highest BCUT2D eigenvalue weighted by Gasteiger charge is 2.17. The van der Waals surface area contributed by atoms with Crippen LogP contribution in [-0.2, 0) is 11.3 Å². The van der Waals surface area contributed by atoms with E-state index >= 15 is 0 Å². The molecule has 1 aromatic heterocycles. The summed E-state index contributed by atoms with van der Waals surface area (Å²) in [5, 5.41) is 12.6. The van der Waals surface area contributed by atoms with Crippen LogP contribution in [0.25, 0.3) is 11.4 Å². The molecule has 2 aromatic carbocycles. The van der Waals surface area contributed by atoms with Gasteiger partial charge in [-0.3, -0.25) is 9.36 Å². The van der Waals surface area contributed by atoms with E-state index < -0.39 is 0 Å². The summed E-state index contributed by atoms with van der Waals surface area (Å²) in [7, 11) is 3.16. The number of rotatable bonds is 9. The van der Waals surface area contributed by atoms with Crippen molar-refractivity contribution in [3.05, 3.63) is 60.1 Å². The van der Waals surface area contributed by atoms with Crippen LogP contribution in [0, 0.1) is 0 Å². The minimum atomic E-state index is -0.150. The molecule has 7 nitrogen and oxygen atoms in total. The number of nitrogens with zero attached hydrogens (tertiary/aromatic N) is 3. The lowest BCUT2D eigenvalue weighted by atomic mass is 10.2. The average Bonchev–Trinajstić information content (AvgIpc) is 3.16. The Balaban J connectivity index is 1.76. The number of hydrogen-bond acceptors (Lipinski definition) is 6. The zero-order valence-corrected chi connectivity index (χ0v) is 18.2. The molecule has 0 spiro atoms. The Morgan fingerprint density at radius 2 is 1.90 bits per heavy atom. The van der Waals surface area contributed by atoms with Crippen LogP contribution in [0.3, 0.4) is 0 Å². The first kappa shape index (κ1) is 21.7. The quantitative estimate of drug-likeness (QED) is 0.386. The van der Waals surface area contributed by atoms with Gasteiger partial charge >= 0.3 is 0 Å². The van der Waals surface area contributed by atoms with Gasteiger partial charge in [0.05, 0.1) is 20.0 Å². The van der Waals surface area contributed by atoms with Crippen LogP contribution in [0.4, 0.5) is 5.69 Å². The van der Waals surface area contributed by atoms with Gasteiger partial charge in [-0.15, -0.1) is 16.8 Å². The molecule has 9 heteroatoms. The molecule has 0 radical (unpaired) electrons. The van der Waals surface area contributed by atoms with Crippen molar-refractivity contribution in [1.29, 1.82) is 0 Å². The summed E-state index contributed by atoms with van der Waals surface area (Å²) in [5.41, 5.74) is 1.50. The van der Waals surface area contributed by atoms with Crippen LogP contribution in [-0.4, -0.2) is 40.6 Å². The fourth-order valence-electron chi connectivity index (χ4n) is 2.74. The van der Waals surface area contributed by atoms with Crippen LogP contribution >= 0.6 is 23.4 Å². The van der Waals surface area contributed by atoms with Gasteiger partial charge in [-0.25, -0.2) is 0 Å². The maximum atomic E-state index is 12.3. The zero-order valence-electron chi connectivity index (χ0n) is 16.6. The van der Waals surface area contributed by atoms with Gasteiger partial charge in [0.2, 0.25) is 5.91 Å². The maximum absolute atomic E-state index is 12.3. The molecule has 1 N–H and O–H groups in total. The summed E-state index contributed by atoms with van der Waals surface area (Å²) in [6.07, 6.45) is 1.76. The predicted octanol–water partition coefficient (Wildman–Crippen LogP) is 4.53. The molecule has 1 heterocycles. The van der Waals surface area contributed by atoms with Gasteiger partial charge in [-0.1, -0.05) is 29.4 Å². The molecule has 0 aliphatic rings. The Kier molecular flexibility index (Phi) is 7.37. The fraction of sp³-hybridized carbons (Fsp3) is 0.190. The van der Waals surface area contributed by atoms with Crippen molar-refractivity contribution in [1.82, 2.24) is 14.8 Å². The van der Waals surface area contributed by atoms with Gasteiger partial charge < -0.3 is 14.8 Å². The Labute approximate surface area is 184 Å². The monoisotopic (exact) mass is 444 g/mol. The lowest BCUT2D eigenvalue weighted by molar-refractivity contribution is -0.113. The number of ether oxygens (including phenoxy) is 2. The third-order valence-electron chi connectivity index (χ3n) is 4.13. The first-order valence-corrected chi connectivity index (χ1v) is 10.4. The smallest absolute Gasteiger partial charge is 0.234 e. The first-order valence-electron chi connectivity index (χ1n) is 9.00.